The van der Waals surface area contributed by atoms with E-state index >= 15 is 0 Å². The molecule has 7 nitrogen and oxygen atoms in total. The molecule has 29 heavy (non-hydrogen) atoms. The largest absolute Gasteiger partial charge is 0.486 e. The summed E-state index contributed by atoms with van der Waals surface area (Å²) in [5, 5.41) is 2.66. The number of hydrogen-bond acceptors (Lipinski definition) is 6. The van der Waals surface area contributed by atoms with E-state index in [0.29, 0.717) is 36.0 Å². The van der Waals surface area contributed by atoms with E-state index in [1.807, 2.05) is 0 Å². The van der Waals surface area contributed by atoms with Gasteiger partial charge in [-0.1, -0.05) is 15.9 Å². The number of carbonyl (C=O) groups excluding carboxylic acids is 3. The monoisotopic (exact) mass is 461 g/mol. The molecular weight excluding hydrogens is 442 g/mol. The van der Waals surface area contributed by atoms with Gasteiger partial charge in [0.05, 0.1) is 6.42 Å². The molecule has 152 valence electrons. The zero-order valence-corrected chi connectivity index (χ0v) is 17.4. The van der Waals surface area contributed by atoms with Gasteiger partial charge in [0.1, 0.15) is 13.2 Å². The maximum atomic E-state index is 12.3. The Bertz CT molecular complexity index is 912. The van der Waals surface area contributed by atoms with Crippen LogP contribution in [0, 0.1) is 0 Å². The van der Waals surface area contributed by atoms with Crippen molar-refractivity contribution in [2.45, 2.75) is 25.9 Å². The normalized spacial score (nSPS) is 13.3. The number of nitrogens with one attached hydrogen (secondary N) is 1. The Balaban J connectivity index is 1.46. The van der Waals surface area contributed by atoms with E-state index in [9.17, 15) is 14.4 Å². The Morgan fingerprint density at radius 3 is 2.45 bits per heavy atom. The summed E-state index contributed by atoms with van der Waals surface area (Å²) >= 11 is 3.31. The van der Waals surface area contributed by atoms with Crippen molar-refractivity contribution in [3.63, 3.8) is 0 Å². The minimum absolute atomic E-state index is 0.0282. The van der Waals surface area contributed by atoms with E-state index in [0.717, 1.165) is 4.47 Å². The summed E-state index contributed by atoms with van der Waals surface area (Å²) in [6, 6.07) is 11.9. The van der Waals surface area contributed by atoms with Crippen molar-refractivity contribution in [2.75, 3.05) is 18.5 Å². The highest BCUT2D eigenvalue weighted by Crippen LogP contribution is 2.31. The Morgan fingerprint density at radius 1 is 1.03 bits per heavy atom. The summed E-state index contributed by atoms with van der Waals surface area (Å²) in [5.74, 6) is -0.167. The van der Waals surface area contributed by atoms with Crippen molar-refractivity contribution >= 4 is 39.3 Å². The van der Waals surface area contributed by atoms with Gasteiger partial charge in [-0.2, -0.15) is 0 Å². The first-order valence-electron chi connectivity index (χ1n) is 9.11. The van der Waals surface area contributed by atoms with E-state index in [-0.39, 0.29) is 18.6 Å². The van der Waals surface area contributed by atoms with E-state index < -0.39 is 18.0 Å². The molecule has 3 rings (SSSR count). The van der Waals surface area contributed by atoms with Crippen LogP contribution in [0.5, 0.6) is 11.5 Å². The minimum Gasteiger partial charge on any atom is -0.486 e. The lowest BCUT2D eigenvalue weighted by molar-refractivity contribution is -0.153. The van der Waals surface area contributed by atoms with Crippen LogP contribution >= 0.6 is 15.9 Å². The maximum absolute atomic E-state index is 12.3. The molecule has 2 aromatic carbocycles. The van der Waals surface area contributed by atoms with Crippen LogP contribution < -0.4 is 14.8 Å². The first kappa shape index (κ1) is 20.9. The number of amides is 1. The molecule has 0 bridgehead atoms. The van der Waals surface area contributed by atoms with Gasteiger partial charge in [0.2, 0.25) is 0 Å². The number of anilines is 1. The number of rotatable bonds is 7. The quantitative estimate of drug-likeness (QED) is 0.498. The second-order valence-electron chi connectivity index (χ2n) is 6.41. The number of carbonyl (C=O) groups is 3. The minimum atomic E-state index is -0.976. The molecule has 0 fully saturated rings. The van der Waals surface area contributed by atoms with Crippen molar-refractivity contribution < 1.29 is 28.6 Å². The molecule has 1 amide bonds. The standard InChI is InChI=1S/C21H20BrNO6/c1-13(21(26)23-16-5-3-15(22)4-6-16)29-20(25)9-7-17(24)14-2-8-18-19(12-14)28-11-10-27-18/h2-6,8,12-13H,7,9-11H2,1H3,(H,23,26). The van der Waals surface area contributed by atoms with Gasteiger partial charge >= 0.3 is 5.97 Å². The molecule has 1 unspecified atom stereocenters. The summed E-state index contributed by atoms with van der Waals surface area (Å²) in [6.45, 7) is 2.38. The van der Waals surface area contributed by atoms with Gasteiger partial charge in [-0.25, -0.2) is 0 Å². The molecule has 8 heteroatoms. The lowest BCUT2D eigenvalue weighted by Crippen LogP contribution is -2.30. The molecule has 0 saturated carbocycles. The molecule has 0 aromatic heterocycles. The van der Waals surface area contributed by atoms with Crippen LogP contribution in [0.25, 0.3) is 0 Å². The third-order valence-electron chi connectivity index (χ3n) is 4.21. The Morgan fingerprint density at radius 2 is 1.72 bits per heavy atom. The Labute approximate surface area is 176 Å². The van der Waals surface area contributed by atoms with Crippen LogP contribution in [0.15, 0.2) is 46.9 Å². The predicted octanol–water partition coefficient (Wildman–Crippen LogP) is 3.75. The van der Waals surface area contributed by atoms with E-state index in [4.69, 9.17) is 14.2 Å². The smallest absolute Gasteiger partial charge is 0.307 e. The molecule has 0 spiro atoms. The lowest BCUT2D eigenvalue weighted by Gasteiger charge is -2.18. The van der Waals surface area contributed by atoms with Crippen LogP contribution in [0.4, 0.5) is 5.69 Å². The second-order valence-corrected chi connectivity index (χ2v) is 7.33. The van der Waals surface area contributed by atoms with Gasteiger partial charge < -0.3 is 19.5 Å². The summed E-state index contributed by atoms with van der Waals surface area (Å²) in [7, 11) is 0. The highest BCUT2D eigenvalue weighted by molar-refractivity contribution is 9.10. The molecule has 1 aliphatic rings. The zero-order valence-electron chi connectivity index (χ0n) is 15.8. The molecule has 2 aromatic rings. The average molecular weight is 462 g/mol. The number of halogens is 1. The number of ketones is 1. The van der Waals surface area contributed by atoms with Gasteiger partial charge in [-0.05, 0) is 49.4 Å². The zero-order chi connectivity index (χ0) is 20.8. The van der Waals surface area contributed by atoms with Crippen molar-refractivity contribution in [1.82, 2.24) is 0 Å². The molecule has 1 N–H and O–H groups in total. The lowest BCUT2D eigenvalue weighted by atomic mass is 10.1. The summed E-state index contributed by atoms with van der Waals surface area (Å²) < 4.78 is 16.9. The maximum Gasteiger partial charge on any atom is 0.307 e. The molecular formula is C21H20BrNO6. The molecule has 0 aliphatic carbocycles. The van der Waals surface area contributed by atoms with Crippen molar-refractivity contribution in [2.24, 2.45) is 0 Å². The third kappa shape index (κ3) is 5.80. The number of benzene rings is 2. The van der Waals surface area contributed by atoms with Crippen molar-refractivity contribution in [3.05, 3.63) is 52.5 Å². The Kier molecular flexibility index (Phi) is 6.87. The number of esters is 1. The van der Waals surface area contributed by atoms with E-state index in [1.54, 1.807) is 42.5 Å². The number of hydrogen-bond donors (Lipinski definition) is 1. The SMILES string of the molecule is CC(OC(=O)CCC(=O)c1ccc2c(c1)OCCO2)C(=O)Nc1ccc(Br)cc1. The fraction of sp³-hybridized carbons (Fsp3) is 0.286. The number of Topliss-reactive ketones (excluding diaryl/α,β-unsaturated/α-hetero) is 1. The summed E-state index contributed by atoms with van der Waals surface area (Å²) in [4.78, 5) is 36.5. The third-order valence-corrected chi connectivity index (χ3v) is 4.74. The van der Waals surface area contributed by atoms with Gasteiger partial charge in [0.15, 0.2) is 23.4 Å². The van der Waals surface area contributed by atoms with Crippen LogP contribution in [0.3, 0.4) is 0 Å². The summed E-state index contributed by atoms with van der Waals surface area (Å²) in [5.41, 5.74) is 1.03. The average Bonchev–Trinajstić information content (AvgIpc) is 2.73. The van der Waals surface area contributed by atoms with E-state index in [1.165, 1.54) is 6.92 Å². The molecule has 1 atom stereocenters. The molecule has 1 heterocycles. The van der Waals surface area contributed by atoms with Crippen LogP contribution in [-0.4, -0.2) is 37.0 Å². The molecule has 0 saturated heterocycles. The first-order chi connectivity index (χ1) is 13.9. The van der Waals surface area contributed by atoms with Crippen molar-refractivity contribution in [3.8, 4) is 11.5 Å². The van der Waals surface area contributed by atoms with Crippen LogP contribution in [0.1, 0.15) is 30.1 Å². The highest BCUT2D eigenvalue weighted by atomic mass is 79.9. The first-order valence-corrected chi connectivity index (χ1v) is 9.90. The van der Waals surface area contributed by atoms with Crippen LogP contribution in [-0.2, 0) is 14.3 Å². The van der Waals surface area contributed by atoms with Gasteiger partial charge in [-0.15, -0.1) is 0 Å². The number of ether oxygens (including phenoxy) is 3. The second kappa shape index (κ2) is 9.56. The molecule has 1 aliphatic heterocycles. The van der Waals surface area contributed by atoms with Gasteiger partial charge in [-0.3, -0.25) is 14.4 Å². The highest BCUT2D eigenvalue weighted by Gasteiger charge is 2.20. The van der Waals surface area contributed by atoms with Crippen LogP contribution in [0.2, 0.25) is 0 Å². The van der Waals surface area contributed by atoms with E-state index in [2.05, 4.69) is 21.2 Å². The fourth-order valence-corrected chi connectivity index (χ4v) is 2.93. The Hall–Kier alpha value is -2.87. The predicted molar refractivity (Wildman–Crippen MR) is 109 cm³/mol. The number of fused-ring (bicyclic) bond motifs is 1. The van der Waals surface area contributed by atoms with Gasteiger partial charge in [0.25, 0.3) is 5.91 Å². The van der Waals surface area contributed by atoms with Crippen molar-refractivity contribution in [1.29, 1.82) is 0 Å². The molecule has 0 radical (unpaired) electrons. The van der Waals surface area contributed by atoms with Gasteiger partial charge in [0, 0.05) is 22.1 Å². The fourth-order valence-electron chi connectivity index (χ4n) is 2.66. The topological polar surface area (TPSA) is 90.9 Å². The summed E-state index contributed by atoms with van der Waals surface area (Å²) in [6.07, 6.45) is -1.13.